The van der Waals surface area contributed by atoms with E-state index < -0.39 is 0 Å². The van der Waals surface area contributed by atoms with Crippen LogP contribution in [0.2, 0.25) is 0 Å². The predicted octanol–water partition coefficient (Wildman–Crippen LogP) is 1.54. The van der Waals surface area contributed by atoms with Gasteiger partial charge >= 0.3 is 0 Å². The highest BCUT2D eigenvalue weighted by Crippen LogP contribution is 2.11. The van der Waals surface area contributed by atoms with Gasteiger partial charge < -0.3 is 10.6 Å². The maximum Gasteiger partial charge on any atom is 0.251 e. The molecule has 1 aromatic carbocycles. The molecule has 0 aliphatic heterocycles. The van der Waals surface area contributed by atoms with Crippen molar-refractivity contribution in [3.8, 4) is 0 Å². The van der Waals surface area contributed by atoms with Crippen molar-refractivity contribution in [1.29, 1.82) is 0 Å². The molecular formula is C15H18N4O2. The highest BCUT2D eigenvalue weighted by molar-refractivity contribution is 5.94. The molecule has 2 rings (SSSR count). The van der Waals surface area contributed by atoms with E-state index in [0.29, 0.717) is 12.1 Å². The number of amides is 2. The predicted molar refractivity (Wildman–Crippen MR) is 78.4 cm³/mol. The van der Waals surface area contributed by atoms with Crippen molar-refractivity contribution in [2.45, 2.75) is 26.4 Å². The Morgan fingerprint density at radius 3 is 2.57 bits per heavy atom. The molecule has 0 spiro atoms. The highest BCUT2D eigenvalue weighted by Gasteiger charge is 2.12. The third kappa shape index (κ3) is 4.17. The Morgan fingerprint density at radius 1 is 1.29 bits per heavy atom. The molecule has 1 aromatic heterocycles. The Hall–Kier alpha value is -2.63. The zero-order valence-electron chi connectivity index (χ0n) is 12.0. The van der Waals surface area contributed by atoms with Gasteiger partial charge in [0.1, 0.15) is 0 Å². The first kappa shape index (κ1) is 14.8. The van der Waals surface area contributed by atoms with Gasteiger partial charge in [-0.25, -0.2) is 0 Å². The Bertz CT molecular complexity index is 605. The molecule has 1 unspecified atom stereocenters. The minimum Gasteiger partial charge on any atom is -0.352 e. The smallest absolute Gasteiger partial charge is 0.251 e. The van der Waals surface area contributed by atoms with Crippen LogP contribution in [0.25, 0.3) is 0 Å². The van der Waals surface area contributed by atoms with Crippen molar-refractivity contribution in [2.24, 2.45) is 0 Å². The molecule has 0 saturated heterocycles. The minimum atomic E-state index is -0.144. The van der Waals surface area contributed by atoms with Gasteiger partial charge in [0.15, 0.2) is 0 Å². The second-order valence-corrected chi connectivity index (χ2v) is 4.83. The number of hydrogen-bond donors (Lipinski definition) is 3. The lowest BCUT2D eigenvalue weighted by atomic mass is 10.1. The molecule has 0 radical (unpaired) electrons. The van der Waals surface area contributed by atoms with Crippen LogP contribution in [0.4, 0.5) is 0 Å². The summed E-state index contributed by atoms with van der Waals surface area (Å²) in [6, 6.07) is 7.03. The lowest BCUT2D eigenvalue weighted by molar-refractivity contribution is -0.119. The van der Waals surface area contributed by atoms with E-state index in [1.807, 2.05) is 19.1 Å². The quantitative estimate of drug-likeness (QED) is 0.779. The van der Waals surface area contributed by atoms with E-state index >= 15 is 0 Å². The average molecular weight is 286 g/mol. The van der Waals surface area contributed by atoms with Crippen LogP contribution in [0.1, 0.15) is 41.4 Å². The van der Waals surface area contributed by atoms with Gasteiger partial charge in [-0.15, -0.1) is 0 Å². The minimum absolute atomic E-state index is 0.0780. The Labute approximate surface area is 122 Å². The van der Waals surface area contributed by atoms with E-state index in [1.165, 1.54) is 6.92 Å². The molecule has 110 valence electrons. The number of aromatic amines is 1. The number of nitrogens with zero attached hydrogens (tertiary/aromatic N) is 1. The van der Waals surface area contributed by atoms with Crippen LogP contribution in [0.15, 0.2) is 36.7 Å². The Balaban J connectivity index is 1.95. The topological polar surface area (TPSA) is 86.9 Å². The fraction of sp³-hybridized carbons (Fsp3) is 0.267. The van der Waals surface area contributed by atoms with Crippen LogP contribution in [0.3, 0.4) is 0 Å². The number of hydrogen-bond acceptors (Lipinski definition) is 3. The van der Waals surface area contributed by atoms with Gasteiger partial charge in [-0.3, -0.25) is 14.7 Å². The van der Waals surface area contributed by atoms with Crippen LogP contribution in [-0.2, 0) is 11.3 Å². The molecule has 0 bridgehead atoms. The molecule has 1 atom stereocenters. The Kier molecular flexibility index (Phi) is 4.71. The maximum absolute atomic E-state index is 12.1. The molecule has 0 aliphatic carbocycles. The molecule has 2 amide bonds. The van der Waals surface area contributed by atoms with E-state index in [1.54, 1.807) is 24.5 Å². The number of carbonyl (C=O) groups is 2. The van der Waals surface area contributed by atoms with Gasteiger partial charge in [0.2, 0.25) is 5.91 Å². The van der Waals surface area contributed by atoms with E-state index in [0.717, 1.165) is 11.1 Å². The standard InChI is InChI=1S/C15H18N4O2/c1-10(14-8-17-18-9-14)19-15(21)13-5-3-12(4-6-13)7-16-11(2)20/h3-6,8-10H,7H2,1-2H3,(H,16,20)(H,17,18)(H,19,21). The van der Waals surface area contributed by atoms with Gasteiger partial charge in [-0.05, 0) is 24.6 Å². The highest BCUT2D eigenvalue weighted by atomic mass is 16.2. The number of carbonyl (C=O) groups excluding carboxylic acids is 2. The summed E-state index contributed by atoms with van der Waals surface area (Å²) in [4.78, 5) is 23.0. The van der Waals surface area contributed by atoms with Gasteiger partial charge in [-0.1, -0.05) is 12.1 Å². The molecule has 1 heterocycles. The normalized spacial score (nSPS) is 11.7. The molecular weight excluding hydrogens is 268 g/mol. The number of rotatable bonds is 5. The van der Waals surface area contributed by atoms with Gasteiger partial charge in [0, 0.05) is 30.8 Å². The van der Waals surface area contributed by atoms with Crippen molar-refractivity contribution < 1.29 is 9.59 Å². The number of benzene rings is 1. The molecule has 6 nitrogen and oxygen atoms in total. The summed E-state index contributed by atoms with van der Waals surface area (Å²) in [7, 11) is 0. The zero-order chi connectivity index (χ0) is 15.2. The van der Waals surface area contributed by atoms with Crippen molar-refractivity contribution >= 4 is 11.8 Å². The van der Waals surface area contributed by atoms with Crippen LogP contribution >= 0.6 is 0 Å². The van der Waals surface area contributed by atoms with Crippen LogP contribution < -0.4 is 10.6 Å². The maximum atomic E-state index is 12.1. The first-order valence-corrected chi connectivity index (χ1v) is 6.69. The zero-order valence-corrected chi connectivity index (χ0v) is 12.0. The fourth-order valence-electron chi connectivity index (χ4n) is 1.86. The van der Waals surface area contributed by atoms with Crippen molar-refractivity contribution in [3.63, 3.8) is 0 Å². The van der Waals surface area contributed by atoms with Crippen LogP contribution in [0.5, 0.6) is 0 Å². The molecule has 6 heteroatoms. The third-order valence-corrected chi connectivity index (χ3v) is 3.12. The molecule has 0 saturated carbocycles. The Morgan fingerprint density at radius 2 is 2.00 bits per heavy atom. The average Bonchev–Trinajstić information content (AvgIpc) is 3.00. The first-order chi connectivity index (χ1) is 10.1. The van der Waals surface area contributed by atoms with Gasteiger partial charge in [0.05, 0.1) is 12.2 Å². The molecule has 3 N–H and O–H groups in total. The molecule has 0 fully saturated rings. The second-order valence-electron chi connectivity index (χ2n) is 4.83. The van der Waals surface area contributed by atoms with Crippen LogP contribution in [-0.4, -0.2) is 22.0 Å². The summed E-state index contributed by atoms with van der Waals surface area (Å²) >= 11 is 0. The van der Waals surface area contributed by atoms with Crippen molar-refractivity contribution in [1.82, 2.24) is 20.8 Å². The first-order valence-electron chi connectivity index (χ1n) is 6.69. The molecule has 21 heavy (non-hydrogen) atoms. The summed E-state index contributed by atoms with van der Waals surface area (Å²) < 4.78 is 0. The summed E-state index contributed by atoms with van der Waals surface area (Å²) in [6.45, 7) is 3.83. The summed E-state index contributed by atoms with van der Waals surface area (Å²) in [5.41, 5.74) is 2.45. The second kappa shape index (κ2) is 6.69. The molecule has 2 aromatic rings. The van der Waals surface area contributed by atoms with Gasteiger partial charge in [0.25, 0.3) is 5.91 Å². The number of aromatic nitrogens is 2. The monoisotopic (exact) mass is 286 g/mol. The largest absolute Gasteiger partial charge is 0.352 e. The summed E-state index contributed by atoms with van der Waals surface area (Å²) in [5, 5.41) is 12.2. The lowest BCUT2D eigenvalue weighted by Crippen LogP contribution is -2.26. The van der Waals surface area contributed by atoms with E-state index in [9.17, 15) is 9.59 Å². The number of H-pyrrole nitrogens is 1. The number of nitrogens with one attached hydrogen (secondary N) is 3. The van der Waals surface area contributed by atoms with Crippen LogP contribution in [0, 0.1) is 0 Å². The van der Waals surface area contributed by atoms with E-state index in [4.69, 9.17) is 0 Å². The molecule has 0 aliphatic rings. The summed E-state index contributed by atoms with van der Waals surface area (Å²) in [6.07, 6.45) is 3.43. The fourth-order valence-corrected chi connectivity index (χ4v) is 1.86. The van der Waals surface area contributed by atoms with Crippen molar-refractivity contribution in [2.75, 3.05) is 0 Å². The SMILES string of the molecule is CC(=O)NCc1ccc(C(=O)NC(C)c2cn[nH]c2)cc1. The van der Waals surface area contributed by atoms with E-state index in [-0.39, 0.29) is 17.9 Å². The van der Waals surface area contributed by atoms with Gasteiger partial charge in [-0.2, -0.15) is 5.10 Å². The third-order valence-electron chi connectivity index (χ3n) is 3.12. The van der Waals surface area contributed by atoms with Crippen molar-refractivity contribution in [3.05, 3.63) is 53.3 Å². The van der Waals surface area contributed by atoms with E-state index in [2.05, 4.69) is 20.8 Å². The summed E-state index contributed by atoms with van der Waals surface area (Å²) in [5.74, 6) is -0.222. The lowest BCUT2D eigenvalue weighted by Gasteiger charge is -2.12.